The maximum Gasteiger partial charge on any atom is 0.280 e. The van der Waals surface area contributed by atoms with Crippen molar-refractivity contribution in [3.8, 4) is 0 Å². The van der Waals surface area contributed by atoms with E-state index in [1.54, 1.807) is 25.4 Å². The van der Waals surface area contributed by atoms with Crippen LogP contribution in [0.1, 0.15) is 27.0 Å². The first-order valence-corrected chi connectivity index (χ1v) is 9.55. The lowest BCUT2D eigenvalue weighted by Gasteiger charge is -2.29. The van der Waals surface area contributed by atoms with Gasteiger partial charge in [0.05, 0.1) is 22.2 Å². The summed E-state index contributed by atoms with van der Waals surface area (Å²) in [4.78, 5) is 22.5. The summed E-state index contributed by atoms with van der Waals surface area (Å²) in [5.41, 5.74) is 9.15. The van der Waals surface area contributed by atoms with Crippen molar-refractivity contribution in [3.05, 3.63) is 73.3 Å². The quantitative estimate of drug-likeness (QED) is 0.655. The van der Waals surface area contributed by atoms with Crippen molar-refractivity contribution >= 4 is 56.8 Å². The van der Waals surface area contributed by atoms with E-state index in [2.05, 4.69) is 20.9 Å². The molecular formula is C19H16BrCl2N3O2. The van der Waals surface area contributed by atoms with Crippen molar-refractivity contribution in [3.63, 3.8) is 0 Å². The largest absolute Gasteiger partial charge is 0.404 e. The number of benzene rings is 2. The molecule has 1 aliphatic rings. The molecule has 0 unspecified atom stereocenters. The topological polar surface area (TPSA) is 67.9 Å². The molecule has 2 aromatic rings. The fourth-order valence-corrected chi connectivity index (χ4v) is 3.98. The molecule has 0 fully saturated rings. The zero-order chi connectivity index (χ0) is 19.6. The number of hydrogen-bond acceptors (Lipinski definition) is 4. The number of carbonyl (C=O) groups excluding carboxylic acids is 1. The average Bonchev–Trinajstić information content (AvgIpc) is 2.65. The van der Waals surface area contributed by atoms with Crippen molar-refractivity contribution in [2.45, 2.75) is 13.2 Å². The number of nitrogens with two attached hydrogens (primary N) is 1. The molecule has 1 aliphatic heterocycles. The van der Waals surface area contributed by atoms with Crippen LogP contribution in [0.2, 0.25) is 10.0 Å². The molecule has 0 radical (unpaired) electrons. The standard InChI is InChI=1S/C19H16BrCl2N3O2/c1-24-8-13(7-23)12-5-16(21)18(17(22)6-12)19(26)25-9-11-3-2-4-15(20)14(11)10-27-25/h2-8H,9-10,23H2,1H3. The number of aliphatic imine (C=N–C) groups is 1. The van der Waals surface area contributed by atoms with Gasteiger partial charge in [0.15, 0.2) is 0 Å². The highest BCUT2D eigenvalue weighted by Crippen LogP contribution is 2.33. The van der Waals surface area contributed by atoms with E-state index < -0.39 is 5.91 Å². The maximum absolute atomic E-state index is 13.0. The summed E-state index contributed by atoms with van der Waals surface area (Å²) in [6.45, 7) is 0.585. The molecule has 0 aromatic heterocycles. The lowest BCUT2D eigenvalue weighted by atomic mass is 10.0. The van der Waals surface area contributed by atoms with E-state index in [0.29, 0.717) is 17.7 Å². The zero-order valence-corrected chi connectivity index (χ0v) is 17.5. The van der Waals surface area contributed by atoms with E-state index in [1.807, 2.05) is 18.2 Å². The number of allylic oxidation sites excluding steroid dienone is 1. The van der Waals surface area contributed by atoms with Gasteiger partial charge in [-0.2, -0.15) is 0 Å². The Balaban J connectivity index is 1.92. The number of amides is 1. The van der Waals surface area contributed by atoms with Crippen molar-refractivity contribution in [2.75, 3.05) is 7.05 Å². The van der Waals surface area contributed by atoms with E-state index in [-0.39, 0.29) is 22.2 Å². The third-order valence-corrected chi connectivity index (χ3v) is 5.50. The minimum atomic E-state index is -0.399. The molecule has 0 aliphatic carbocycles. The summed E-state index contributed by atoms with van der Waals surface area (Å²) in [6.07, 6.45) is 2.99. The lowest BCUT2D eigenvalue weighted by Crippen LogP contribution is -2.34. The van der Waals surface area contributed by atoms with E-state index in [1.165, 1.54) is 11.3 Å². The van der Waals surface area contributed by atoms with Gasteiger partial charge < -0.3 is 5.73 Å². The molecule has 0 atom stereocenters. The average molecular weight is 469 g/mol. The van der Waals surface area contributed by atoms with E-state index >= 15 is 0 Å². The Labute approximate surface area is 175 Å². The Kier molecular flexibility index (Phi) is 6.22. The SMILES string of the molecule is CN=CC(=CN)c1cc(Cl)c(C(=O)N2Cc3cccc(Br)c3CO2)c(Cl)c1. The van der Waals surface area contributed by atoms with Gasteiger partial charge in [-0.1, -0.05) is 51.3 Å². The first kappa shape index (κ1) is 19.9. The Bertz CT molecular complexity index is 937. The van der Waals surface area contributed by atoms with Crippen LogP contribution < -0.4 is 5.73 Å². The molecule has 140 valence electrons. The van der Waals surface area contributed by atoms with Crippen LogP contribution in [-0.2, 0) is 18.0 Å². The summed E-state index contributed by atoms with van der Waals surface area (Å²) >= 11 is 16.2. The summed E-state index contributed by atoms with van der Waals surface area (Å²) in [6, 6.07) is 9.08. The van der Waals surface area contributed by atoms with Crippen LogP contribution in [0.3, 0.4) is 0 Å². The molecule has 5 nitrogen and oxygen atoms in total. The fourth-order valence-electron chi connectivity index (χ4n) is 2.81. The molecule has 0 saturated carbocycles. The van der Waals surface area contributed by atoms with Gasteiger partial charge in [-0.3, -0.25) is 14.6 Å². The number of hydroxylamine groups is 2. The molecule has 0 saturated heterocycles. The van der Waals surface area contributed by atoms with Crippen LogP contribution in [0.25, 0.3) is 5.57 Å². The smallest absolute Gasteiger partial charge is 0.280 e. The van der Waals surface area contributed by atoms with Crippen molar-refractivity contribution < 1.29 is 9.63 Å². The molecule has 3 rings (SSSR count). The van der Waals surface area contributed by atoms with Gasteiger partial charge in [0.1, 0.15) is 6.61 Å². The number of halogens is 3. The first-order valence-electron chi connectivity index (χ1n) is 8.00. The number of nitrogens with zero attached hydrogens (tertiary/aromatic N) is 2. The van der Waals surface area contributed by atoms with Crippen LogP contribution in [0.15, 0.2) is 46.0 Å². The molecule has 0 spiro atoms. The van der Waals surface area contributed by atoms with Gasteiger partial charge in [0, 0.05) is 29.5 Å². The fraction of sp³-hybridized carbons (Fsp3) is 0.158. The molecule has 27 heavy (non-hydrogen) atoms. The van der Waals surface area contributed by atoms with Crippen LogP contribution in [-0.4, -0.2) is 24.2 Å². The molecule has 1 heterocycles. The van der Waals surface area contributed by atoms with Crippen molar-refractivity contribution in [2.24, 2.45) is 10.7 Å². The van der Waals surface area contributed by atoms with Gasteiger partial charge in [0.25, 0.3) is 5.91 Å². The van der Waals surface area contributed by atoms with E-state index in [0.717, 1.165) is 15.6 Å². The molecule has 2 aromatic carbocycles. The normalized spacial score (nSPS) is 14.5. The van der Waals surface area contributed by atoms with Crippen LogP contribution in [0, 0.1) is 0 Å². The van der Waals surface area contributed by atoms with Crippen molar-refractivity contribution in [1.29, 1.82) is 0 Å². The molecule has 0 bridgehead atoms. The first-order chi connectivity index (χ1) is 13.0. The zero-order valence-electron chi connectivity index (χ0n) is 14.4. The molecular weight excluding hydrogens is 453 g/mol. The third-order valence-electron chi connectivity index (χ3n) is 4.16. The minimum Gasteiger partial charge on any atom is -0.404 e. The predicted molar refractivity (Wildman–Crippen MR) is 112 cm³/mol. The Morgan fingerprint density at radius 1 is 1.33 bits per heavy atom. The van der Waals surface area contributed by atoms with Crippen LogP contribution in [0.4, 0.5) is 0 Å². The van der Waals surface area contributed by atoms with Gasteiger partial charge in [-0.05, 0) is 34.9 Å². The van der Waals surface area contributed by atoms with Gasteiger partial charge >= 0.3 is 0 Å². The second-order valence-electron chi connectivity index (χ2n) is 5.82. The second kappa shape index (κ2) is 8.44. The number of rotatable bonds is 3. The molecule has 2 N–H and O–H groups in total. The number of fused-ring (bicyclic) bond motifs is 1. The summed E-state index contributed by atoms with van der Waals surface area (Å²) in [5, 5.41) is 1.71. The highest BCUT2D eigenvalue weighted by Gasteiger charge is 2.27. The lowest BCUT2D eigenvalue weighted by molar-refractivity contribution is -0.150. The van der Waals surface area contributed by atoms with Crippen LogP contribution in [0.5, 0.6) is 0 Å². The molecule has 1 amide bonds. The third kappa shape index (κ3) is 4.04. The van der Waals surface area contributed by atoms with E-state index in [9.17, 15) is 4.79 Å². The monoisotopic (exact) mass is 467 g/mol. The second-order valence-corrected chi connectivity index (χ2v) is 7.49. The van der Waals surface area contributed by atoms with Crippen LogP contribution >= 0.6 is 39.1 Å². The Morgan fingerprint density at radius 3 is 2.67 bits per heavy atom. The maximum atomic E-state index is 13.0. The molecule has 8 heteroatoms. The van der Waals surface area contributed by atoms with E-state index in [4.69, 9.17) is 33.8 Å². The predicted octanol–water partition coefficient (Wildman–Crippen LogP) is 4.84. The number of hydrogen-bond donors (Lipinski definition) is 1. The summed E-state index contributed by atoms with van der Waals surface area (Å²) in [5.74, 6) is -0.399. The summed E-state index contributed by atoms with van der Waals surface area (Å²) in [7, 11) is 1.63. The highest BCUT2D eigenvalue weighted by molar-refractivity contribution is 9.10. The Hall–Kier alpha value is -1.86. The highest BCUT2D eigenvalue weighted by atomic mass is 79.9. The van der Waals surface area contributed by atoms with Crippen molar-refractivity contribution in [1.82, 2.24) is 5.06 Å². The Morgan fingerprint density at radius 2 is 2.04 bits per heavy atom. The van der Waals surface area contributed by atoms with Gasteiger partial charge in [-0.15, -0.1) is 0 Å². The number of carbonyl (C=O) groups is 1. The summed E-state index contributed by atoms with van der Waals surface area (Å²) < 4.78 is 0.950. The minimum absolute atomic E-state index is 0.185. The van der Waals surface area contributed by atoms with Gasteiger partial charge in [-0.25, -0.2) is 5.06 Å². The van der Waals surface area contributed by atoms with Gasteiger partial charge in [0.2, 0.25) is 0 Å².